The molecule has 1 aliphatic rings. The van der Waals surface area contributed by atoms with E-state index in [1.54, 1.807) is 0 Å². The zero-order chi connectivity index (χ0) is 11.7. The Morgan fingerprint density at radius 2 is 2.29 bits per heavy atom. The van der Waals surface area contributed by atoms with Crippen molar-refractivity contribution in [2.75, 3.05) is 6.61 Å². The quantitative estimate of drug-likeness (QED) is 0.858. The van der Waals surface area contributed by atoms with Crippen LogP contribution in [0, 0.1) is 0 Å². The number of hydrogen-bond acceptors (Lipinski definition) is 3. The Labute approximate surface area is 101 Å². The predicted octanol–water partition coefficient (Wildman–Crippen LogP) is 3.08. The normalized spacial score (nSPS) is 15.4. The van der Waals surface area contributed by atoms with Crippen molar-refractivity contribution in [2.45, 2.75) is 32.4 Å². The van der Waals surface area contributed by atoms with E-state index in [-0.39, 0.29) is 0 Å². The molecule has 0 atom stereocenters. The van der Waals surface area contributed by atoms with Crippen LogP contribution in [-0.4, -0.2) is 12.6 Å². The van der Waals surface area contributed by atoms with Gasteiger partial charge in [-0.25, -0.2) is 0 Å². The summed E-state index contributed by atoms with van der Waals surface area (Å²) in [5, 5.41) is 4.57. The Morgan fingerprint density at radius 1 is 1.41 bits per heavy atom. The van der Waals surface area contributed by atoms with Crippen LogP contribution >= 0.6 is 0 Å². The fourth-order valence-electron chi connectivity index (χ4n) is 1.98. The van der Waals surface area contributed by atoms with Crippen LogP contribution < -0.4 is 10.1 Å². The summed E-state index contributed by atoms with van der Waals surface area (Å²) < 4.78 is 11.4. The van der Waals surface area contributed by atoms with Crippen LogP contribution in [0.3, 0.4) is 0 Å². The lowest BCUT2D eigenvalue weighted by Gasteiger charge is -2.02. The molecule has 0 saturated heterocycles. The molecule has 0 bridgehead atoms. The van der Waals surface area contributed by atoms with Crippen molar-refractivity contribution >= 4 is 11.0 Å². The Hall–Kier alpha value is -1.48. The van der Waals surface area contributed by atoms with Crippen molar-refractivity contribution in [1.29, 1.82) is 0 Å². The summed E-state index contributed by atoms with van der Waals surface area (Å²) in [6, 6.07) is 8.80. The molecule has 0 spiro atoms. The summed E-state index contributed by atoms with van der Waals surface area (Å²) in [6.07, 6.45) is 2.59. The molecule has 1 N–H and O–H groups in total. The molecule has 3 heteroatoms. The monoisotopic (exact) mass is 231 g/mol. The summed E-state index contributed by atoms with van der Waals surface area (Å²) in [5.41, 5.74) is 0.863. The first-order valence-corrected chi connectivity index (χ1v) is 6.24. The number of furan rings is 1. The van der Waals surface area contributed by atoms with Crippen molar-refractivity contribution in [3.8, 4) is 5.75 Å². The van der Waals surface area contributed by atoms with Crippen LogP contribution in [0.25, 0.3) is 11.0 Å². The molecule has 1 saturated carbocycles. The number of rotatable bonds is 5. The van der Waals surface area contributed by atoms with E-state index in [9.17, 15) is 0 Å². The molecule has 1 heterocycles. The largest absolute Gasteiger partial charge is 0.490 e. The zero-order valence-corrected chi connectivity index (χ0v) is 10.0. The van der Waals surface area contributed by atoms with Crippen LogP contribution in [-0.2, 0) is 6.54 Å². The van der Waals surface area contributed by atoms with Gasteiger partial charge >= 0.3 is 0 Å². The van der Waals surface area contributed by atoms with E-state index in [4.69, 9.17) is 9.15 Å². The van der Waals surface area contributed by atoms with E-state index in [1.807, 2.05) is 19.1 Å². The molecule has 2 aromatic rings. The van der Waals surface area contributed by atoms with Crippen molar-refractivity contribution in [2.24, 2.45) is 0 Å². The Morgan fingerprint density at radius 3 is 3.06 bits per heavy atom. The molecule has 1 fully saturated rings. The molecule has 1 aromatic carbocycles. The molecular weight excluding hydrogens is 214 g/mol. The Bertz CT molecular complexity index is 514. The molecule has 0 aliphatic heterocycles. The minimum absolute atomic E-state index is 0.662. The van der Waals surface area contributed by atoms with E-state index in [1.165, 1.54) is 12.8 Å². The van der Waals surface area contributed by atoms with Crippen LogP contribution in [0.4, 0.5) is 0 Å². The Kier molecular flexibility index (Phi) is 2.77. The highest BCUT2D eigenvalue weighted by Gasteiger charge is 2.20. The molecule has 0 amide bonds. The van der Waals surface area contributed by atoms with Gasteiger partial charge in [0.2, 0.25) is 0 Å². The highest BCUT2D eigenvalue weighted by Crippen LogP contribution is 2.29. The van der Waals surface area contributed by atoms with Crippen LogP contribution in [0.5, 0.6) is 5.75 Å². The van der Waals surface area contributed by atoms with Gasteiger partial charge in [-0.1, -0.05) is 12.1 Å². The van der Waals surface area contributed by atoms with Gasteiger partial charge in [-0.3, -0.25) is 0 Å². The third kappa shape index (κ3) is 2.29. The smallest absolute Gasteiger partial charge is 0.176 e. The van der Waals surface area contributed by atoms with Crippen molar-refractivity contribution in [3.05, 3.63) is 30.0 Å². The van der Waals surface area contributed by atoms with Gasteiger partial charge in [-0.15, -0.1) is 0 Å². The first kappa shape index (κ1) is 10.7. The van der Waals surface area contributed by atoms with Gasteiger partial charge in [0.15, 0.2) is 11.3 Å². The second-order valence-corrected chi connectivity index (χ2v) is 4.48. The lowest BCUT2D eigenvalue weighted by atomic mass is 10.2. The van der Waals surface area contributed by atoms with Gasteiger partial charge in [0.25, 0.3) is 0 Å². The first-order chi connectivity index (χ1) is 8.36. The molecule has 1 aliphatic carbocycles. The van der Waals surface area contributed by atoms with Gasteiger partial charge in [-0.2, -0.15) is 0 Å². The minimum Gasteiger partial charge on any atom is -0.490 e. The van der Waals surface area contributed by atoms with Gasteiger partial charge < -0.3 is 14.5 Å². The van der Waals surface area contributed by atoms with Gasteiger partial charge in [-0.05, 0) is 31.9 Å². The maximum atomic E-state index is 5.84. The van der Waals surface area contributed by atoms with E-state index < -0.39 is 0 Å². The molecule has 17 heavy (non-hydrogen) atoms. The predicted molar refractivity (Wildman–Crippen MR) is 67.2 cm³/mol. The lowest BCUT2D eigenvalue weighted by molar-refractivity contribution is 0.337. The van der Waals surface area contributed by atoms with Crippen molar-refractivity contribution in [3.63, 3.8) is 0 Å². The molecule has 0 radical (unpaired) electrons. The number of benzene rings is 1. The minimum atomic E-state index is 0.662. The van der Waals surface area contributed by atoms with Gasteiger partial charge in [0, 0.05) is 11.4 Å². The molecule has 3 rings (SSSR count). The SMILES string of the molecule is CCOc1cccc2cc(CNC3CC3)oc12. The number of hydrogen-bond donors (Lipinski definition) is 1. The van der Waals surface area contributed by atoms with Crippen LogP contribution in [0.2, 0.25) is 0 Å². The fraction of sp³-hybridized carbons (Fsp3) is 0.429. The highest BCUT2D eigenvalue weighted by molar-refractivity contribution is 5.83. The lowest BCUT2D eigenvalue weighted by Crippen LogP contribution is -2.14. The second kappa shape index (κ2) is 4.41. The third-order valence-electron chi connectivity index (χ3n) is 3.00. The zero-order valence-electron chi connectivity index (χ0n) is 10.0. The average molecular weight is 231 g/mol. The van der Waals surface area contributed by atoms with Crippen molar-refractivity contribution < 1.29 is 9.15 Å². The fourth-order valence-corrected chi connectivity index (χ4v) is 1.98. The number of para-hydroxylation sites is 1. The van der Waals surface area contributed by atoms with Gasteiger partial charge in [0.05, 0.1) is 13.2 Å². The van der Waals surface area contributed by atoms with E-state index >= 15 is 0 Å². The second-order valence-electron chi connectivity index (χ2n) is 4.48. The summed E-state index contributed by atoms with van der Waals surface area (Å²) in [6.45, 7) is 3.46. The van der Waals surface area contributed by atoms with E-state index in [2.05, 4.69) is 17.4 Å². The molecule has 90 valence electrons. The molecule has 0 unspecified atom stereocenters. The summed E-state index contributed by atoms with van der Waals surface area (Å²) in [4.78, 5) is 0. The maximum Gasteiger partial charge on any atom is 0.176 e. The molecule has 1 aromatic heterocycles. The Balaban J connectivity index is 1.85. The number of nitrogens with one attached hydrogen (secondary N) is 1. The molecule has 3 nitrogen and oxygen atoms in total. The van der Waals surface area contributed by atoms with E-state index in [0.29, 0.717) is 12.6 Å². The average Bonchev–Trinajstić information content (AvgIpc) is 3.06. The third-order valence-corrected chi connectivity index (χ3v) is 3.00. The topological polar surface area (TPSA) is 34.4 Å². The summed E-state index contributed by atoms with van der Waals surface area (Å²) in [7, 11) is 0. The maximum absolute atomic E-state index is 5.84. The van der Waals surface area contributed by atoms with Crippen molar-refractivity contribution in [1.82, 2.24) is 5.32 Å². The summed E-state index contributed by atoms with van der Waals surface area (Å²) in [5.74, 6) is 1.82. The van der Waals surface area contributed by atoms with Crippen LogP contribution in [0.1, 0.15) is 25.5 Å². The highest BCUT2D eigenvalue weighted by atomic mass is 16.5. The summed E-state index contributed by atoms with van der Waals surface area (Å²) >= 11 is 0. The number of fused-ring (bicyclic) bond motifs is 1. The standard InChI is InChI=1S/C14H17NO2/c1-2-16-13-5-3-4-10-8-12(17-14(10)13)9-15-11-6-7-11/h3-5,8,11,15H,2,6-7,9H2,1H3. The molecular formula is C14H17NO2. The van der Waals surface area contributed by atoms with Gasteiger partial charge in [0.1, 0.15) is 5.76 Å². The van der Waals surface area contributed by atoms with E-state index in [0.717, 1.165) is 29.0 Å². The first-order valence-electron chi connectivity index (χ1n) is 6.24. The van der Waals surface area contributed by atoms with Crippen LogP contribution in [0.15, 0.2) is 28.7 Å². The number of ether oxygens (including phenoxy) is 1.